The first-order valence-electron chi connectivity index (χ1n) is 8.74. The van der Waals surface area contributed by atoms with E-state index in [0.717, 1.165) is 51.4 Å². The van der Waals surface area contributed by atoms with Crippen molar-refractivity contribution in [2.75, 3.05) is 40.3 Å². The first-order chi connectivity index (χ1) is 11.1. The molecule has 3 heterocycles. The first-order valence-corrected chi connectivity index (χ1v) is 9.62. The average molecular weight is 337 g/mol. The number of carbonyl (C=O) groups excluding carboxylic acids is 1. The number of rotatable bonds is 5. The molecule has 4 nitrogen and oxygen atoms in total. The molecule has 128 valence electrons. The monoisotopic (exact) mass is 336 g/mol. The van der Waals surface area contributed by atoms with Crippen molar-refractivity contribution in [3.05, 3.63) is 21.9 Å². The third kappa shape index (κ3) is 4.34. The minimum Gasteiger partial charge on any atom is -0.372 e. The fourth-order valence-corrected chi connectivity index (χ4v) is 4.58. The van der Waals surface area contributed by atoms with Crippen LogP contribution in [0.4, 0.5) is 0 Å². The van der Waals surface area contributed by atoms with Gasteiger partial charge in [0.2, 0.25) is 5.91 Å². The summed E-state index contributed by atoms with van der Waals surface area (Å²) < 4.78 is 5.87. The molecule has 1 saturated heterocycles. The van der Waals surface area contributed by atoms with Crippen molar-refractivity contribution in [1.82, 2.24) is 9.80 Å². The molecule has 1 aromatic rings. The number of fused-ring (bicyclic) bond motifs is 1. The van der Waals surface area contributed by atoms with Crippen LogP contribution in [0, 0.1) is 5.92 Å². The molecule has 1 aromatic heterocycles. The van der Waals surface area contributed by atoms with Gasteiger partial charge in [-0.25, -0.2) is 0 Å². The van der Waals surface area contributed by atoms with Gasteiger partial charge in [-0.3, -0.25) is 4.79 Å². The summed E-state index contributed by atoms with van der Waals surface area (Å²) in [6.45, 7) is 3.73. The molecule has 0 spiro atoms. The van der Waals surface area contributed by atoms with Crippen molar-refractivity contribution in [3.63, 3.8) is 0 Å². The minimum absolute atomic E-state index is 0.0160. The van der Waals surface area contributed by atoms with Gasteiger partial charge in [-0.05, 0) is 69.3 Å². The highest BCUT2D eigenvalue weighted by Crippen LogP contribution is 2.34. The van der Waals surface area contributed by atoms with Gasteiger partial charge in [-0.15, -0.1) is 11.3 Å². The van der Waals surface area contributed by atoms with E-state index in [2.05, 4.69) is 35.3 Å². The van der Waals surface area contributed by atoms with Gasteiger partial charge in [0.05, 0.1) is 13.0 Å². The van der Waals surface area contributed by atoms with Gasteiger partial charge in [0.1, 0.15) is 6.10 Å². The second-order valence-electron chi connectivity index (χ2n) is 7.04. The Morgan fingerprint density at radius 3 is 2.91 bits per heavy atom. The molecule has 0 saturated carbocycles. The third-order valence-corrected chi connectivity index (χ3v) is 6.13. The molecule has 1 atom stereocenters. The van der Waals surface area contributed by atoms with Gasteiger partial charge >= 0.3 is 0 Å². The number of nitrogens with zero attached hydrogens (tertiary/aromatic N) is 2. The van der Waals surface area contributed by atoms with Crippen LogP contribution in [0.25, 0.3) is 0 Å². The Labute approximate surface area is 143 Å². The predicted molar refractivity (Wildman–Crippen MR) is 93.8 cm³/mol. The third-order valence-electron chi connectivity index (χ3n) is 5.08. The number of carbonyl (C=O) groups is 1. The van der Waals surface area contributed by atoms with Crippen LogP contribution in [0.2, 0.25) is 0 Å². The van der Waals surface area contributed by atoms with Gasteiger partial charge in [-0.2, -0.15) is 0 Å². The molecule has 2 aliphatic rings. The maximum atomic E-state index is 12.6. The zero-order chi connectivity index (χ0) is 16.2. The van der Waals surface area contributed by atoms with Gasteiger partial charge in [0.15, 0.2) is 0 Å². The molecule has 3 rings (SSSR count). The number of ether oxygens (including phenoxy) is 1. The zero-order valence-corrected chi connectivity index (χ0v) is 15.1. The van der Waals surface area contributed by atoms with E-state index in [1.165, 1.54) is 16.9 Å². The van der Waals surface area contributed by atoms with Crippen molar-refractivity contribution in [3.8, 4) is 0 Å². The molecule has 1 unspecified atom stereocenters. The largest absolute Gasteiger partial charge is 0.372 e. The maximum absolute atomic E-state index is 12.6. The Morgan fingerprint density at radius 1 is 1.39 bits per heavy atom. The summed E-state index contributed by atoms with van der Waals surface area (Å²) in [6.07, 6.45) is 5.03. The second-order valence-corrected chi connectivity index (χ2v) is 7.99. The van der Waals surface area contributed by atoms with Crippen LogP contribution >= 0.6 is 11.3 Å². The zero-order valence-electron chi connectivity index (χ0n) is 14.3. The molecule has 2 aliphatic heterocycles. The van der Waals surface area contributed by atoms with Crippen molar-refractivity contribution in [2.24, 2.45) is 5.92 Å². The molecule has 5 heteroatoms. The Bertz CT molecular complexity index is 521. The van der Waals surface area contributed by atoms with Crippen LogP contribution in [0.5, 0.6) is 0 Å². The van der Waals surface area contributed by atoms with Gasteiger partial charge in [0, 0.05) is 18.0 Å². The van der Waals surface area contributed by atoms with Crippen molar-refractivity contribution >= 4 is 17.2 Å². The van der Waals surface area contributed by atoms with E-state index in [9.17, 15) is 4.79 Å². The number of piperidine rings is 1. The lowest BCUT2D eigenvalue weighted by atomic mass is 9.93. The molecule has 1 amide bonds. The van der Waals surface area contributed by atoms with E-state index in [1.54, 1.807) is 11.3 Å². The van der Waals surface area contributed by atoms with Gasteiger partial charge in [-0.1, -0.05) is 0 Å². The second kappa shape index (κ2) is 7.77. The minimum atomic E-state index is -0.0160. The Morgan fingerprint density at radius 2 is 2.17 bits per heavy atom. The van der Waals surface area contributed by atoms with E-state index in [1.807, 2.05) is 0 Å². The maximum Gasteiger partial charge on any atom is 0.225 e. The molecule has 0 radical (unpaired) electrons. The summed E-state index contributed by atoms with van der Waals surface area (Å²) in [5, 5.41) is 2.12. The van der Waals surface area contributed by atoms with Crippen LogP contribution in [-0.2, 0) is 16.0 Å². The summed E-state index contributed by atoms with van der Waals surface area (Å²) in [7, 11) is 4.25. The lowest BCUT2D eigenvalue weighted by Gasteiger charge is -2.33. The van der Waals surface area contributed by atoms with Crippen LogP contribution in [0.15, 0.2) is 11.4 Å². The van der Waals surface area contributed by atoms with E-state index < -0.39 is 0 Å². The topological polar surface area (TPSA) is 32.8 Å². The smallest absolute Gasteiger partial charge is 0.225 e. The Balaban J connectivity index is 1.47. The SMILES string of the molecule is CN(C)CCC1CCN(C(=O)CC2OCCc3ccsc32)CC1. The lowest BCUT2D eigenvalue weighted by Crippen LogP contribution is -2.39. The number of hydrogen-bond acceptors (Lipinski definition) is 4. The van der Waals surface area contributed by atoms with Crippen molar-refractivity contribution < 1.29 is 9.53 Å². The number of thiophene rings is 1. The van der Waals surface area contributed by atoms with Crippen molar-refractivity contribution in [1.29, 1.82) is 0 Å². The van der Waals surface area contributed by atoms with E-state index in [-0.39, 0.29) is 12.0 Å². The van der Waals surface area contributed by atoms with E-state index in [4.69, 9.17) is 4.74 Å². The van der Waals surface area contributed by atoms with Crippen molar-refractivity contribution in [2.45, 2.75) is 38.2 Å². The fourth-order valence-electron chi connectivity index (χ4n) is 3.57. The van der Waals surface area contributed by atoms with Crippen LogP contribution in [0.3, 0.4) is 0 Å². The average Bonchev–Trinajstić information content (AvgIpc) is 3.03. The number of hydrogen-bond donors (Lipinski definition) is 0. The number of likely N-dealkylation sites (tertiary alicyclic amines) is 1. The molecule has 0 N–H and O–H groups in total. The predicted octanol–water partition coefficient (Wildman–Crippen LogP) is 2.94. The fraction of sp³-hybridized carbons (Fsp3) is 0.722. The summed E-state index contributed by atoms with van der Waals surface area (Å²) in [4.78, 5) is 18.2. The highest BCUT2D eigenvalue weighted by Gasteiger charge is 2.28. The molecule has 0 aliphatic carbocycles. The van der Waals surface area contributed by atoms with E-state index >= 15 is 0 Å². The highest BCUT2D eigenvalue weighted by atomic mass is 32.1. The summed E-state index contributed by atoms with van der Waals surface area (Å²) >= 11 is 1.73. The Hall–Kier alpha value is -0.910. The first kappa shape index (κ1) is 16.9. The van der Waals surface area contributed by atoms with Gasteiger partial charge in [0.25, 0.3) is 0 Å². The molecule has 1 fully saturated rings. The number of amides is 1. The normalized spacial score (nSPS) is 22.4. The summed E-state index contributed by atoms with van der Waals surface area (Å²) in [6, 6.07) is 2.18. The molecule has 0 bridgehead atoms. The van der Waals surface area contributed by atoms with E-state index in [0.29, 0.717) is 6.42 Å². The Kier molecular flexibility index (Phi) is 5.72. The standard InChI is InChI=1S/C18H28N2O2S/c1-19(2)8-3-14-4-9-20(10-5-14)17(21)13-16-18-15(6-11-22-16)7-12-23-18/h7,12,14,16H,3-6,8-11,13H2,1-2H3. The quantitative estimate of drug-likeness (QED) is 0.829. The highest BCUT2D eigenvalue weighted by molar-refractivity contribution is 7.10. The molecule has 0 aromatic carbocycles. The summed E-state index contributed by atoms with van der Waals surface area (Å²) in [5.74, 6) is 1.04. The summed E-state index contributed by atoms with van der Waals surface area (Å²) in [5.41, 5.74) is 1.38. The molecular weight excluding hydrogens is 308 g/mol. The van der Waals surface area contributed by atoms with Gasteiger partial charge < -0.3 is 14.5 Å². The van der Waals surface area contributed by atoms with Crippen LogP contribution < -0.4 is 0 Å². The lowest BCUT2D eigenvalue weighted by molar-refractivity contribution is -0.136. The van der Waals surface area contributed by atoms with Crippen LogP contribution in [-0.4, -0.2) is 56.0 Å². The van der Waals surface area contributed by atoms with Crippen LogP contribution in [0.1, 0.15) is 42.2 Å². The molecule has 23 heavy (non-hydrogen) atoms. The molecular formula is C18H28N2O2S.